The second kappa shape index (κ2) is 6.76. The Balaban J connectivity index is 2.95. The van der Waals surface area contributed by atoms with Crippen molar-refractivity contribution < 1.29 is 13.6 Å². The van der Waals surface area contributed by atoms with Crippen LogP contribution in [0.3, 0.4) is 0 Å². The second-order valence-corrected chi connectivity index (χ2v) is 6.87. The van der Waals surface area contributed by atoms with Crippen molar-refractivity contribution in [3.05, 3.63) is 26.7 Å². The highest BCUT2D eigenvalue weighted by Gasteiger charge is 2.22. The lowest BCUT2D eigenvalue weighted by atomic mass is 10.4. The Labute approximate surface area is 128 Å². The van der Waals surface area contributed by atoms with Gasteiger partial charge in [0.1, 0.15) is 10.7 Å². The molecule has 0 aliphatic heterocycles. The van der Waals surface area contributed by atoms with Crippen LogP contribution in [0.15, 0.2) is 26.7 Å². The summed E-state index contributed by atoms with van der Waals surface area (Å²) in [5.41, 5.74) is 5.23. The fraction of sp³-hybridized carbons (Fsp3) is 0.222. The molecule has 0 radical (unpaired) electrons. The van der Waals surface area contributed by atoms with E-state index in [1.54, 1.807) is 0 Å². The number of hydrogen-bond acceptors (Lipinski definition) is 4. The maximum Gasteiger partial charge on any atom is 0.243 e. The molecule has 0 aromatic heterocycles. The summed E-state index contributed by atoms with van der Waals surface area (Å²) < 4.78 is 26.9. The SMILES string of the molecule is NC(CCNS(=O)(=O)c1c(Cl)cc(Br)cc1Cl)=NO. The number of nitrogens with zero attached hydrogens (tertiary/aromatic N) is 1. The standard InChI is InChI=1S/C9H10BrCl2N3O3S/c10-5-3-6(11)9(7(12)4-5)19(17,18)14-2-1-8(13)15-16/h3-4,14,16H,1-2H2,(H2,13,15). The molecule has 0 aliphatic rings. The Morgan fingerprint density at radius 1 is 1.42 bits per heavy atom. The molecule has 0 bridgehead atoms. The van der Waals surface area contributed by atoms with Crippen LogP contribution in [-0.4, -0.2) is 26.0 Å². The van der Waals surface area contributed by atoms with Crippen LogP contribution < -0.4 is 10.5 Å². The van der Waals surface area contributed by atoms with Crippen molar-refractivity contribution in [2.24, 2.45) is 10.9 Å². The molecule has 0 heterocycles. The van der Waals surface area contributed by atoms with Crippen LogP contribution in [0.2, 0.25) is 10.0 Å². The van der Waals surface area contributed by atoms with E-state index in [0.717, 1.165) is 0 Å². The summed E-state index contributed by atoms with van der Waals surface area (Å²) in [4.78, 5) is -0.210. The first-order valence-electron chi connectivity index (χ1n) is 4.88. The van der Waals surface area contributed by atoms with E-state index in [4.69, 9.17) is 34.1 Å². The van der Waals surface area contributed by atoms with Crippen molar-refractivity contribution in [1.82, 2.24) is 4.72 Å². The van der Waals surface area contributed by atoms with Crippen molar-refractivity contribution in [1.29, 1.82) is 0 Å². The number of benzene rings is 1. The number of amidine groups is 1. The average Bonchev–Trinajstić information content (AvgIpc) is 2.26. The van der Waals surface area contributed by atoms with Gasteiger partial charge in [-0.2, -0.15) is 0 Å². The van der Waals surface area contributed by atoms with Crippen LogP contribution in [0.4, 0.5) is 0 Å². The Hall–Kier alpha value is -0.540. The molecule has 19 heavy (non-hydrogen) atoms. The van der Waals surface area contributed by atoms with Crippen molar-refractivity contribution >= 4 is 55.0 Å². The third kappa shape index (κ3) is 4.50. The highest BCUT2D eigenvalue weighted by molar-refractivity contribution is 9.10. The summed E-state index contributed by atoms with van der Waals surface area (Å²) in [6, 6.07) is 2.84. The summed E-state index contributed by atoms with van der Waals surface area (Å²) >= 11 is 14.9. The molecule has 1 aromatic carbocycles. The van der Waals surface area contributed by atoms with Crippen LogP contribution in [0.1, 0.15) is 6.42 Å². The van der Waals surface area contributed by atoms with Gasteiger partial charge in [0.2, 0.25) is 10.0 Å². The smallest absolute Gasteiger partial charge is 0.243 e. The van der Waals surface area contributed by atoms with E-state index in [0.29, 0.717) is 4.47 Å². The van der Waals surface area contributed by atoms with E-state index in [9.17, 15) is 8.42 Å². The molecule has 4 N–H and O–H groups in total. The molecule has 0 amide bonds. The summed E-state index contributed by atoms with van der Waals surface area (Å²) in [7, 11) is -3.87. The average molecular weight is 391 g/mol. The third-order valence-electron chi connectivity index (χ3n) is 2.03. The van der Waals surface area contributed by atoms with Crippen LogP contribution in [-0.2, 0) is 10.0 Å². The van der Waals surface area contributed by atoms with Crippen LogP contribution in [0.5, 0.6) is 0 Å². The molecule has 106 valence electrons. The topological polar surface area (TPSA) is 105 Å². The number of nitrogens with one attached hydrogen (secondary N) is 1. The van der Waals surface area contributed by atoms with Crippen molar-refractivity contribution in [2.45, 2.75) is 11.3 Å². The molecular weight excluding hydrogens is 381 g/mol. The molecule has 6 nitrogen and oxygen atoms in total. The minimum Gasteiger partial charge on any atom is -0.409 e. The lowest BCUT2D eigenvalue weighted by Gasteiger charge is -2.10. The van der Waals surface area contributed by atoms with Crippen LogP contribution in [0, 0.1) is 0 Å². The van der Waals surface area contributed by atoms with Crippen LogP contribution in [0.25, 0.3) is 0 Å². The largest absolute Gasteiger partial charge is 0.409 e. The number of oxime groups is 1. The van der Waals surface area contributed by atoms with Gasteiger partial charge in [-0.25, -0.2) is 13.1 Å². The highest BCUT2D eigenvalue weighted by atomic mass is 79.9. The van der Waals surface area contributed by atoms with Crippen molar-refractivity contribution in [3.8, 4) is 0 Å². The highest BCUT2D eigenvalue weighted by Crippen LogP contribution is 2.32. The lowest BCUT2D eigenvalue weighted by molar-refractivity contribution is 0.317. The Kier molecular flexibility index (Phi) is 5.87. The molecule has 0 unspecified atom stereocenters. The van der Waals surface area contributed by atoms with Gasteiger partial charge in [0.25, 0.3) is 0 Å². The molecule has 0 atom stereocenters. The van der Waals surface area contributed by atoms with Gasteiger partial charge in [-0.3, -0.25) is 0 Å². The van der Waals surface area contributed by atoms with Gasteiger partial charge in [0, 0.05) is 17.4 Å². The van der Waals surface area contributed by atoms with E-state index < -0.39 is 10.0 Å². The fourth-order valence-electron chi connectivity index (χ4n) is 1.22. The van der Waals surface area contributed by atoms with Crippen molar-refractivity contribution in [3.63, 3.8) is 0 Å². The maximum absolute atomic E-state index is 12.0. The van der Waals surface area contributed by atoms with Gasteiger partial charge >= 0.3 is 0 Å². The van der Waals surface area contributed by atoms with E-state index in [1.165, 1.54) is 12.1 Å². The number of nitrogens with two attached hydrogens (primary N) is 1. The van der Waals surface area contributed by atoms with Crippen LogP contribution >= 0.6 is 39.1 Å². The predicted octanol–water partition coefficient (Wildman–Crippen LogP) is 2.17. The maximum atomic E-state index is 12.0. The Morgan fingerprint density at radius 2 is 1.95 bits per heavy atom. The molecule has 0 saturated heterocycles. The first kappa shape index (κ1) is 16.5. The lowest BCUT2D eigenvalue weighted by Crippen LogP contribution is -2.28. The van der Waals surface area contributed by atoms with E-state index in [2.05, 4.69) is 25.8 Å². The first-order chi connectivity index (χ1) is 8.77. The number of rotatable bonds is 5. The van der Waals surface area contributed by atoms with E-state index in [-0.39, 0.29) is 33.7 Å². The van der Waals surface area contributed by atoms with Crippen molar-refractivity contribution in [2.75, 3.05) is 6.54 Å². The molecule has 0 fully saturated rings. The zero-order valence-corrected chi connectivity index (χ0v) is 13.3. The summed E-state index contributed by atoms with van der Waals surface area (Å²) in [6.07, 6.45) is 0.0570. The molecule has 0 saturated carbocycles. The molecule has 1 rings (SSSR count). The number of halogens is 3. The van der Waals surface area contributed by atoms with Gasteiger partial charge in [-0.05, 0) is 12.1 Å². The first-order valence-corrected chi connectivity index (χ1v) is 7.91. The zero-order chi connectivity index (χ0) is 14.6. The van der Waals surface area contributed by atoms with Gasteiger partial charge < -0.3 is 10.9 Å². The molecule has 0 aliphatic carbocycles. The monoisotopic (exact) mass is 389 g/mol. The minimum absolute atomic E-state index is 0.00401. The third-order valence-corrected chi connectivity index (χ3v) is 4.87. The molecule has 1 aromatic rings. The quantitative estimate of drug-likeness (QED) is 0.310. The van der Waals surface area contributed by atoms with Gasteiger partial charge in [-0.1, -0.05) is 44.3 Å². The van der Waals surface area contributed by atoms with Gasteiger partial charge in [0.05, 0.1) is 10.0 Å². The number of hydrogen-bond donors (Lipinski definition) is 3. The molecule has 10 heteroatoms. The minimum atomic E-state index is -3.87. The summed E-state index contributed by atoms with van der Waals surface area (Å²) in [5, 5.41) is 11.1. The predicted molar refractivity (Wildman–Crippen MR) is 77.4 cm³/mol. The van der Waals surface area contributed by atoms with E-state index >= 15 is 0 Å². The fourth-order valence-corrected chi connectivity index (χ4v) is 4.19. The molecule has 0 spiro atoms. The van der Waals surface area contributed by atoms with E-state index in [1.807, 2.05) is 0 Å². The van der Waals surface area contributed by atoms with Gasteiger partial charge in [0.15, 0.2) is 0 Å². The summed E-state index contributed by atoms with van der Waals surface area (Å²) in [6.45, 7) is -0.0407. The number of sulfonamides is 1. The Bertz CT molecular complexity index is 584. The Morgan fingerprint density at radius 3 is 2.42 bits per heavy atom. The van der Waals surface area contributed by atoms with Gasteiger partial charge in [-0.15, -0.1) is 0 Å². The second-order valence-electron chi connectivity index (χ2n) is 3.44. The molecular formula is C9H10BrCl2N3O3S. The normalized spacial score (nSPS) is 12.7. The summed E-state index contributed by atoms with van der Waals surface area (Å²) in [5.74, 6) is -0.0873. The zero-order valence-electron chi connectivity index (χ0n) is 9.40.